The van der Waals surface area contributed by atoms with E-state index in [4.69, 9.17) is 22.1 Å². The molecular weight excluding hydrogens is 456 g/mol. The highest BCUT2D eigenvalue weighted by Crippen LogP contribution is 2.41. The van der Waals surface area contributed by atoms with E-state index in [0.29, 0.717) is 44.1 Å². The van der Waals surface area contributed by atoms with E-state index in [1.165, 1.54) is 0 Å². The number of amides is 3. The molecule has 0 radical (unpaired) electrons. The summed E-state index contributed by atoms with van der Waals surface area (Å²) in [7, 11) is 0. The van der Waals surface area contributed by atoms with E-state index < -0.39 is 0 Å². The van der Waals surface area contributed by atoms with E-state index >= 15 is 0 Å². The average Bonchev–Trinajstić information content (AvgIpc) is 2.85. The van der Waals surface area contributed by atoms with Crippen LogP contribution in [0.3, 0.4) is 0 Å². The third kappa shape index (κ3) is 5.03. The highest BCUT2D eigenvalue weighted by molar-refractivity contribution is 6.30. The number of ether oxygens (including phenoxy) is 1. The number of hydrogen-bond acceptors (Lipinski definition) is 5. The number of halogens is 1. The van der Waals surface area contributed by atoms with Gasteiger partial charge in [-0.25, -0.2) is 4.79 Å². The largest absolute Gasteiger partial charge is 0.450 e. The molecule has 0 spiro atoms. The number of carbonyl (C=O) groups is 3. The number of piperidine rings is 1. The van der Waals surface area contributed by atoms with Crippen molar-refractivity contribution >= 4 is 29.5 Å². The molecule has 0 bridgehead atoms. The molecule has 1 aromatic rings. The first-order chi connectivity index (χ1) is 16.4. The molecule has 186 valence electrons. The zero-order valence-corrected chi connectivity index (χ0v) is 20.6. The van der Waals surface area contributed by atoms with Crippen LogP contribution >= 0.6 is 11.6 Å². The number of rotatable bonds is 5. The molecule has 2 saturated heterocycles. The maximum atomic E-state index is 13.1. The zero-order valence-electron chi connectivity index (χ0n) is 19.9. The summed E-state index contributed by atoms with van der Waals surface area (Å²) in [6.45, 7) is 4.00. The molecule has 2 aliphatic heterocycles. The Morgan fingerprint density at radius 1 is 1.06 bits per heavy atom. The molecule has 1 aliphatic carbocycles. The minimum Gasteiger partial charge on any atom is -0.450 e. The summed E-state index contributed by atoms with van der Waals surface area (Å²) in [6, 6.07) is 7.95. The lowest BCUT2D eigenvalue weighted by molar-refractivity contribution is -0.156. The van der Waals surface area contributed by atoms with Gasteiger partial charge < -0.3 is 25.2 Å². The fourth-order valence-electron chi connectivity index (χ4n) is 5.79. The van der Waals surface area contributed by atoms with Crippen molar-refractivity contribution in [2.45, 2.75) is 62.9 Å². The number of piperazine rings is 1. The van der Waals surface area contributed by atoms with Crippen LogP contribution < -0.4 is 5.73 Å². The first kappa shape index (κ1) is 24.8. The van der Waals surface area contributed by atoms with Gasteiger partial charge in [-0.1, -0.05) is 23.7 Å². The number of nitrogens with two attached hydrogens (primary N) is 1. The topological polar surface area (TPSA) is 96.2 Å². The summed E-state index contributed by atoms with van der Waals surface area (Å²) in [5.74, 6) is 0.0140. The number of nitrogens with zero attached hydrogens (tertiary/aromatic N) is 3. The molecule has 0 atom stereocenters. The van der Waals surface area contributed by atoms with Gasteiger partial charge in [-0.05, 0) is 63.1 Å². The Bertz CT molecular complexity index is 910. The maximum Gasteiger partial charge on any atom is 0.409 e. The van der Waals surface area contributed by atoms with Crippen LogP contribution in [0.5, 0.6) is 0 Å². The summed E-state index contributed by atoms with van der Waals surface area (Å²) in [5, 5.41) is 0.706. The number of carbonyl (C=O) groups excluding carboxylic acids is 3. The van der Waals surface area contributed by atoms with Crippen molar-refractivity contribution < 1.29 is 19.1 Å². The Morgan fingerprint density at radius 3 is 2.18 bits per heavy atom. The molecule has 3 fully saturated rings. The van der Waals surface area contributed by atoms with Gasteiger partial charge in [0, 0.05) is 42.2 Å². The molecule has 0 unspecified atom stereocenters. The van der Waals surface area contributed by atoms with Gasteiger partial charge >= 0.3 is 6.09 Å². The fourth-order valence-corrected chi connectivity index (χ4v) is 5.98. The van der Waals surface area contributed by atoms with Crippen LogP contribution in [0.1, 0.15) is 51.0 Å². The monoisotopic (exact) mass is 490 g/mol. The van der Waals surface area contributed by atoms with Crippen LogP contribution in [0, 0.1) is 0 Å². The van der Waals surface area contributed by atoms with Crippen LogP contribution in [0.4, 0.5) is 4.79 Å². The van der Waals surface area contributed by atoms with E-state index in [1.807, 2.05) is 18.2 Å². The number of likely N-dealkylation sites (tertiary alicyclic amines) is 1. The predicted octanol–water partition coefficient (Wildman–Crippen LogP) is 2.77. The lowest BCUT2D eigenvalue weighted by Crippen LogP contribution is -2.61. The van der Waals surface area contributed by atoms with Crippen molar-refractivity contribution in [3.63, 3.8) is 0 Å². The van der Waals surface area contributed by atoms with Crippen molar-refractivity contribution in [3.05, 3.63) is 34.9 Å². The SMILES string of the molecule is CCOC(=O)N1CCC(N2CC(=O)N(C3CCC(CN)(c4cccc(Cl)c4)CC3)CC2=O)CC1. The molecule has 4 rings (SSSR count). The molecule has 2 heterocycles. The normalized spacial score (nSPS) is 26.7. The molecule has 3 amide bonds. The Hall–Kier alpha value is -2.32. The Labute approximate surface area is 206 Å². The van der Waals surface area contributed by atoms with Gasteiger partial charge in [0.25, 0.3) is 0 Å². The van der Waals surface area contributed by atoms with Crippen molar-refractivity contribution in [2.75, 3.05) is 39.3 Å². The quantitative estimate of drug-likeness (QED) is 0.684. The van der Waals surface area contributed by atoms with E-state index in [9.17, 15) is 14.4 Å². The second-order valence-corrected chi connectivity index (χ2v) is 10.1. The summed E-state index contributed by atoms with van der Waals surface area (Å²) in [4.78, 5) is 43.3. The van der Waals surface area contributed by atoms with Crippen LogP contribution in [0.15, 0.2) is 24.3 Å². The molecular formula is C25H35ClN4O4. The van der Waals surface area contributed by atoms with Crippen molar-refractivity contribution in [3.8, 4) is 0 Å². The third-order valence-corrected chi connectivity index (χ3v) is 8.10. The molecule has 9 heteroatoms. The molecule has 1 aromatic carbocycles. The second-order valence-electron chi connectivity index (χ2n) is 9.69. The van der Waals surface area contributed by atoms with E-state index in [1.54, 1.807) is 21.6 Å². The van der Waals surface area contributed by atoms with Crippen LogP contribution in [0.2, 0.25) is 5.02 Å². The van der Waals surface area contributed by atoms with Gasteiger partial charge in [-0.3, -0.25) is 9.59 Å². The van der Waals surface area contributed by atoms with Gasteiger partial charge in [0.05, 0.1) is 6.61 Å². The standard InChI is InChI=1S/C25H35ClN4O4/c1-2-34-24(33)28-12-8-21(9-13-28)30-16-22(31)29(15-23(30)32)20-6-10-25(17-27,11-7-20)18-4-3-5-19(26)14-18/h3-5,14,20-21H,2,6-13,15-17,27H2,1H3. The van der Waals surface area contributed by atoms with E-state index in [-0.39, 0.29) is 48.5 Å². The average molecular weight is 491 g/mol. The molecule has 0 aromatic heterocycles. The highest BCUT2D eigenvalue weighted by atomic mass is 35.5. The van der Waals surface area contributed by atoms with Crippen molar-refractivity contribution in [1.29, 1.82) is 0 Å². The molecule has 2 N–H and O–H groups in total. The Balaban J connectivity index is 1.33. The van der Waals surface area contributed by atoms with Gasteiger partial charge in [-0.2, -0.15) is 0 Å². The van der Waals surface area contributed by atoms with Crippen LogP contribution in [-0.2, 0) is 19.7 Å². The lowest BCUT2D eigenvalue weighted by atomic mass is 9.68. The summed E-state index contributed by atoms with van der Waals surface area (Å²) < 4.78 is 5.07. The van der Waals surface area contributed by atoms with Gasteiger partial charge in [-0.15, -0.1) is 0 Å². The van der Waals surface area contributed by atoms with Crippen molar-refractivity contribution in [2.24, 2.45) is 5.73 Å². The van der Waals surface area contributed by atoms with Gasteiger partial charge in [0.1, 0.15) is 13.1 Å². The zero-order chi connectivity index (χ0) is 24.3. The Kier molecular flexibility index (Phi) is 7.67. The van der Waals surface area contributed by atoms with Gasteiger partial charge in [0.2, 0.25) is 11.8 Å². The fraction of sp³-hybridized carbons (Fsp3) is 0.640. The van der Waals surface area contributed by atoms with E-state index in [0.717, 1.165) is 31.2 Å². The number of benzene rings is 1. The number of hydrogen-bond donors (Lipinski definition) is 1. The van der Waals surface area contributed by atoms with Crippen LogP contribution in [0.25, 0.3) is 0 Å². The van der Waals surface area contributed by atoms with Crippen molar-refractivity contribution in [1.82, 2.24) is 14.7 Å². The summed E-state index contributed by atoms with van der Waals surface area (Å²) >= 11 is 6.22. The minimum absolute atomic E-state index is 0.000289. The van der Waals surface area contributed by atoms with Gasteiger partial charge in [0.15, 0.2) is 0 Å². The minimum atomic E-state index is -0.309. The summed E-state index contributed by atoms with van der Waals surface area (Å²) in [6.07, 6.45) is 4.39. The van der Waals surface area contributed by atoms with E-state index in [2.05, 4.69) is 6.07 Å². The maximum absolute atomic E-state index is 13.1. The lowest BCUT2D eigenvalue weighted by Gasteiger charge is -2.47. The molecule has 34 heavy (non-hydrogen) atoms. The first-order valence-corrected chi connectivity index (χ1v) is 12.7. The Morgan fingerprint density at radius 2 is 1.65 bits per heavy atom. The smallest absolute Gasteiger partial charge is 0.409 e. The molecule has 3 aliphatic rings. The molecule has 1 saturated carbocycles. The summed E-state index contributed by atoms with van der Waals surface area (Å²) in [5.41, 5.74) is 7.24. The highest BCUT2D eigenvalue weighted by Gasteiger charge is 2.42. The third-order valence-electron chi connectivity index (χ3n) is 7.86. The molecule has 8 nitrogen and oxygen atoms in total. The first-order valence-electron chi connectivity index (χ1n) is 12.3. The van der Waals surface area contributed by atoms with Crippen LogP contribution in [-0.4, -0.2) is 84.0 Å². The predicted molar refractivity (Wildman–Crippen MR) is 129 cm³/mol. The second kappa shape index (κ2) is 10.5.